The van der Waals surface area contributed by atoms with Crippen molar-refractivity contribution in [2.75, 3.05) is 66.1 Å². The van der Waals surface area contributed by atoms with Gasteiger partial charge in [0.15, 0.2) is 0 Å². The van der Waals surface area contributed by atoms with Gasteiger partial charge in [0.2, 0.25) is 0 Å². The van der Waals surface area contributed by atoms with Crippen LogP contribution in [0.1, 0.15) is 6.42 Å². The molecule has 16 heavy (non-hydrogen) atoms. The lowest BCUT2D eigenvalue weighted by molar-refractivity contribution is 0.146. The van der Waals surface area contributed by atoms with Crippen molar-refractivity contribution in [3.8, 4) is 0 Å². The molecule has 2 heterocycles. The zero-order valence-electron chi connectivity index (χ0n) is 10.5. The van der Waals surface area contributed by atoms with E-state index in [2.05, 4.69) is 15.1 Å². The van der Waals surface area contributed by atoms with Gasteiger partial charge in [-0.2, -0.15) is 0 Å². The van der Waals surface area contributed by atoms with E-state index in [0.29, 0.717) is 0 Å². The largest absolute Gasteiger partial charge is 0.383 e. The third kappa shape index (κ3) is 3.70. The van der Waals surface area contributed by atoms with E-state index in [4.69, 9.17) is 4.74 Å². The first-order chi connectivity index (χ1) is 7.88. The summed E-state index contributed by atoms with van der Waals surface area (Å²) in [6, 6.07) is 0. The summed E-state index contributed by atoms with van der Waals surface area (Å²) >= 11 is 0. The highest BCUT2D eigenvalue weighted by Crippen LogP contribution is 2.09. The summed E-state index contributed by atoms with van der Waals surface area (Å²) in [6.07, 6.45) is 1.31. The number of hydrogen-bond donors (Lipinski definition) is 1. The molecule has 0 unspecified atom stereocenters. The summed E-state index contributed by atoms with van der Waals surface area (Å²) in [5, 5.41) is 3.35. The van der Waals surface area contributed by atoms with E-state index in [1.54, 1.807) is 7.11 Å². The Morgan fingerprint density at radius 3 is 2.56 bits per heavy atom. The summed E-state index contributed by atoms with van der Waals surface area (Å²) in [7, 11) is 1.79. The average Bonchev–Trinajstić information content (AvgIpc) is 2.46. The highest BCUT2D eigenvalue weighted by Gasteiger charge is 2.21. The fourth-order valence-corrected chi connectivity index (χ4v) is 2.49. The van der Waals surface area contributed by atoms with Gasteiger partial charge < -0.3 is 15.0 Å². The van der Waals surface area contributed by atoms with Crippen LogP contribution in [0.5, 0.6) is 0 Å². The molecule has 2 rings (SSSR count). The molecule has 0 aromatic heterocycles. The van der Waals surface area contributed by atoms with Crippen molar-refractivity contribution in [1.82, 2.24) is 15.1 Å². The Morgan fingerprint density at radius 1 is 1.12 bits per heavy atom. The van der Waals surface area contributed by atoms with E-state index in [1.807, 2.05) is 0 Å². The van der Waals surface area contributed by atoms with Gasteiger partial charge in [0.25, 0.3) is 0 Å². The standard InChI is InChI=1S/C12H25N3O/c1-16-8-7-14-3-2-4-15(6-5-14)11-12-9-13-10-12/h12-13H,2-11H2,1H3. The SMILES string of the molecule is COCCN1CCCN(CC2CNC2)CC1. The highest BCUT2D eigenvalue weighted by molar-refractivity contribution is 4.79. The maximum atomic E-state index is 5.14. The molecule has 2 saturated heterocycles. The minimum absolute atomic E-state index is 0.868. The van der Waals surface area contributed by atoms with Crippen LogP contribution < -0.4 is 5.32 Å². The van der Waals surface area contributed by atoms with Gasteiger partial charge in [0.1, 0.15) is 0 Å². The maximum absolute atomic E-state index is 5.14. The summed E-state index contributed by atoms with van der Waals surface area (Å²) in [5.41, 5.74) is 0. The predicted molar refractivity (Wildman–Crippen MR) is 65.7 cm³/mol. The van der Waals surface area contributed by atoms with Crippen molar-refractivity contribution in [2.24, 2.45) is 5.92 Å². The Morgan fingerprint density at radius 2 is 1.88 bits per heavy atom. The van der Waals surface area contributed by atoms with Crippen molar-refractivity contribution < 1.29 is 4.74 Å². The first-order valence-corrected chi connectivity index (χ1v) is 6.53. The number of nitrogens with one attached hydrogen (secondary N) is 1. The normalized spacial score (nSPS) is 25.3. The molecule has 0 radical (unpaired) electrons. The van der Waals surface area contributed by atoms with Crippen LogP contribution in [-0.2, 0) is 4.74 Å². The summed E-state index contributed by atoms with van der Waals surface area (Å²) in [6.45, 7) is 10.7. The van der Waals surface area contributed by atoms with Crippen LogP contribution in [0.4, 0.5) is 0 Å². The monoisotopic (exact) mass is 227 g/mol. The van der Waals surface area contributed by atoms with Crippen molar-refractivity contribution in [2.45, 2.75) is 6.42 Å². The van der Waals surface area contributed by atoms with Crippen molar-refractivity contribution in [3.63, 3.8) is 0 Å². The molecule has 0 amide bonds. The number of nitrogens with zero attached hydrogens (tertiary/aromatic N) is 2. The Kier molecular flexibility index (Phi) is 5.03. The third-order valence-corrected chi connectivity index (χ3v) is 3.68. The number of hydrogen-bond acceptors (Lipinski definition) is 4. The molecule has 2 aliphatic rings. The van der Waals surface area contributed by atoms with Gasteiger partial charge in [-0.3, -0.25) is 4.90 Å². The molecule has 94 valence electrons. The van der Waals surface area contributed by atoms with Crippen LogP contribution in [-0.4, -0.2) is 75.9 Å². The van der Waals surface area contributed by atoms with E-state index >= 15 is 0 Å². The first kappa shape index (κ1) is 12.3. The topological polar surface area (TPSA) is 27.7 Å². The molecule has 0 atom stereocenters. The van der Waals surface area contributed by atoms with Gasteiger partial charge in [-0.15, -0.1) is 0 Å². The molecule has 0 bridgehead atoms. The van der Waals surface area contributed by atoms with Crippen LogP contribution in [0.2, 0.25) is 0 Å². The van der Waals surface area contributed by atoms with Gasteiger partial charge >= 0.3 is 0 Å². The predicted octanol–water partition coefficient (Wildman–Crippen LogP) is -0.140. The molecule has 2 fully saturated rings. The van der Waals surface area contributed by atoms with Crippen LogP contribution in [0, 0.1) is 5.92 Å². The molecule has 0 spiro atoms. The molecule has 0 aromatic carbocycles. The van der Waals surface area contributed by atoms with E-state index in [-0.39, 0.29) is 0 Å². The van der Waals surface area contributed by atoms with Crippen LogP contribution >= 0.6 is 0 Å². The lowest BCUT2D eigenvalue weighted by Crippen LogP contribution is -2.48. The Hall–Kier alpha value is -0.160. The second kappa shape index (κ2) is 6.55. The molecule has 4 heteroatoms. The summed E-state index contributed by atoms with van der Waals surface area (Å²) in [5.74, 6) is 0.908. The fraction of sp³-hybridized carbons (Fsp3) is 1.00. The Bertz CT molecular complexity index is 197. The molecule has 0 aromatic rings. The van der Waals surface area contributed by atoms with E-state index < -0.39 is 0 Å². The molecular formula is C12H25N3O. The zero-order valence-corrected chi connectivity index (χ0v) is 10.5. The second-order valence-electron chi connectivity index (χ2n) is 5.01. The van der Waals surface area contributed by atoms with Gasteiger partial charge in [0, 0.05) is 46.4 Å². The quantitative estimate of drug-likeness (QED) is 0.707. The van der Waals surface area contributed by atoms with Gasteiger partial charge in [-0.25, -0.2) is 0 Å². The van der Waals surface area contributed by atoms with Gasteiger partial charge in [0.05, 0.1) is 6.61 Å². The van der Waals surface area contributed by atoms with Gasteiger partial charge in [-0.1, -0.05) is 0 Å². The third-order valence-electron chi connectivity index (χ3n) is 3.68. The van der Waals surface area contributed by atoms with Gasteiger partial charge in [-0.05, 0) is 25.4 Å². The average molecular weight is 227 g/mol. The van der Waals surface area contributed by atoms with E-state index in [0.717, 1.165) is 19.1 Å². The molecule has 1 N–H and O–H groups in total. The van der Waals surface area contributed by atoms with Crippen LogP contribution in [0.3, 0.4) is 0 Å². The molecular weight excluding hydrogens is 202 g/mol. The molecule has 0 aliphatic carbocycles. The zero-order chi connectivity index (χ0) is 11.2. The second-order valence-corrected chi connectivity index (χ2v) is 5.01. The van der Waals surface area contributed by atoms with Crippen molar-refractivity contribution >= 4 is 0 Å². The lowest BCUT2D eigenvalue weighted by atomic mass is 10.0. The fourth-order valence-electron chi connectivity index (χ4n) is 2.49. The lowest BCUT2D eigenvalue weighted by Gasteiger charge is -2.32. The van der Waals surface area contributed by atoms with E-state index in [9.17, 15) is 0 Å². The van der Waals surface area contributed by atoms with Crippen LogP contribution in [0.25, 0.3) is 0 Å². The minimum Gasteiger partial charge on any atom is -0.383 e. The summed E-state index contributed by atoms with van der Waals surface area (Å²) < 4.78 is 5.14. The molecule has 4 nitrogen and oxygen atoms in total. The maximum Gasteiger partial charge on any atom is 0.0589 e. The minimum atomic E-state index is 0.868. The Balaban J connectivity index is 1.65. The van der Waals surface area contributed by atoms with Crippen molar-refractivity contribution in [3.05, 3.63) is 0 Å². The number of methoxy groups -OCH3 is 1. The number of ether oxygens (including phenoxy) is 1. The molecule has 0 saturated carbocycles. The van der Waals surface area contributed by atoms with E-state index in [1.165, 1.54) is 52.2 Å². The summed E-state index contributed by atoms with van der Waals surface area (Å²) in [4.78, 5) is 5.17. The van der Waals surface area contributed by atoms with Crippen LogP contribution in [0.15, 0.2) is 0 Å². The highest BCUT2D eigenvalue weighted by atomic mass is 16.5. The number of rotatable bonds is 5. The smallest absolute Gasteiger partial charge is 0.0589 e. The first-order valence-electron chi connectivity index (χ1n) is 6.53. The molecule has 2 aliphatic heterocycles. The Labute approximate surface area is 98.9 Å². The van der Waals surface area contributed by atoms with Crippen molar-refractivity contribution in [1.29, 1.82) is 0 Å².